The third-order valence-corrected chi connectivity index (χ3v) is 8.36. The van der Waals surface area contributed by atoms with Gasteiger partial charge in [0, 0.05) is 52.6 Å². The molecule has 0 saturated carbocycles. The first kappa shape index (κ1) is 24.5. The van der Waals surface area contributed by atoms with Gasteiger partial charge in [-0.25, -0.2) is 16.8 Å². The van der Waals surface area contributed by atoms with Crippen molar-refractivity contribution in [2.75, 3.05) is 0 Å². The standard InChI is InChI=1S/C31H22FN3O3S/c32-24-13-9-21(10-14-24)17-34-31(36)22-11-15-25(16-12-22)39(37,38)35-20-29(27-7-3-4-8-30(27)35)28-19-33-18-23-5-1-2-6-26(23)28/h1-16,18-20H,17H2,(H,34,36). The van der Waals surface area contributed by atoms with Gasteiger partial charge in [-0.2, -0.15) is 0 Å². The molecule has 6 aromatic rings. The van der Waals surface area contributed by atoms with Crippen LogP contribution in [0.3, 0.4) is 0 Å². The number of benzene rings is 4. The van der Waals surface area contributed by atoms with Crippen LogP contribution in [0.5, 0.6) is 0 Å². The average molecular weight is 536 g/mol. The van der Waals surface area contributed by atoms with Crippen LogP contribution in [-0.2, 0) is 16.6 Å². The molecule has 0 aliphatic carbocycles. The predicted octanol–water partition coefficient (Wildman–Crippen LogP) is 6.16. The number of nitrogens with zero attached hydrogens (tertiary/aromatic N) is 2. The van der Waals surface area contributed by atoms with Gasteiger partial charge in [0.15, 0.2) is 0 Å². The number of carbonyl (C=O) groups is 1. The Morgan fingerprint density at radius 2 is 1.49 bits per heavy atom. The quantitative estimate of drug-likeness (QED) is 0.277. The topological polar surface area (TPSA) is 81.1 Å². The molecule has 0 radical (unpaired) electrons. The summed E-state index contributed by atoms with van der Waals surface area (Å²) in [5.41, 5.74) is 3.21. The van der Waals surface area contributed by atoms with Crippen molar-refractivity contribution in [3.05, 3.63) is 133 Å². The maximum absolute atomic E-state index is 13.8. The number of fused-ring (bicyclic) bond motifs is 2. The van der Waals surface area contributed by atoms with Crippen LogP contribution in [0.25, 0.3) is 32.8 Å². The smallest absolute Gasteiger partial charge is 0.268 e. The second-order valence-electron chi connectivity index (χ2n) is 9.10. The molecule has 1 amide bonds. The Hall–Kier alpha value is -4.82. The van der Waals surface area contributed by atoms with E-state index in [-0.39, 0.29) is 23.2 Å². The molecule has 192 valence electrons. The number of amides is 1. The van der Waals surface area contributed by atoms with E-state index >= 15 is 0 Å². The molecule has 0 atom stereocenters. The fourth-order valence-corrected chi connectivity index (χ4v) is 6.04. The van der Waals surface area contributed by atoms with Crippen LogP contribution in [0.15, 0.2) is 121 Å². The lowest BCUT2D eigenvalue weighted by atomic mass is 10.0. The maximum atomic E-state index is 13.8. The molecule has 0 aliphatic heterocycles. The summed E-state index contributed by atoms with van der Waals surface area (Å²) in [6.45, 7) is 0.223. The summed E-state index contributed by atoms with van der Waals surface area (Å²) < 4.78 is 42.0. The Morgan fingerprint density at radius 1 is 0.795 bits per heavy atom. The van der Waals surface area contributed by atoms with E-state index in [1.165, 1.54) is 40.4 Å². The third kappa shape index (κ3) is 4.55. The maximum Gasteiger partial charge on any atom is 0.268 e. The first-order valence-electron chi connectivity index (χ1n) is 12.2. The molecular formula is C31H22FN3O3S. The fraction of sp³-hybridized carbons (Fsp3) is 0.0323. The van der Waals surface area contributed by atoms with Gasteiger partial charge in [0.25, 0.3) is 15.9 Å². The Kier molecular flexibility index (Phi) is 6.17. The minimum atomic E-state index is -3.98. The lowest BCUT2D eigenvalue weighted by molar-refractivity contribution is 0.0951. The van der Waals surface area contributed by atoms with Crippen molar-refractivity contribution >= 4 is 37.6 Å². The minimum Gasteiger partial charge on any atom is -0.348 e. The van der Waals surface area contributed by atoms with Crippen LogP contribution in [0.4, 0.5) is 4.39 Å². The molecule has 4 aromatic carbocycles. The van der Waals surface area contributed by atoms with Crippen molar-refractivity contribution in [3.8, 4) is 11.1 Å². The van der Waals surface area contributed by atoms with Crippen molar-refractivity contribution in [1.29, 1.82) is 0 Å². The first-order valence-corrected chi connectivity index (χ1v) is 13.7. The number of nitrogens with one attached hydrogen (secondary N) is 1. The van der Waals surface area contributed by atoms with Gasteiger partial charge in [-0.1, -0.05) is 54.6 Å². The Labute approximate surface area is 224 Å². The number of hydrogen-bond acceptors (Lipinski definition) is 4. The average Bonchev–Trinajstić information content (AvgIpc) is 3.37. The van der Waals surface area contributed by atoms with E-state index in [9.17, 15) is 17.6 Å². The van der Waals surface area contributed by atoms with E-state index in [2.05, 4.69) is 10.3 Å². The molecule has 1 N–H and O–H groups in total. The van der Waals surface area contributed by atoms with Crippen LogP contribution in [-0.4, -0.2) is 23.3 Å². The zero-order valence-electron chi connectivity index (χ0n) is 20.6. The van der Waals surface area contributed by atoms with E-state index in [0.717, 1.165) is 32.8 Å². The molecule has 6 nitrogen and oxygen atoms in total. The molecule has 2 heterocycles. The lowest BCUT2D eigenvalue weighted by Gasteiger charge is -2.09. The van der Waals surface area contributed by atoms with Gasteiger partial charge in [0.1, 0.15) is 5.82 Å². The van der Waals surface area contributed by atoms with Crippen LogP contribution in [0.2, 0.25) is 0 Å². The van der Waals surface area contributed by atoms with Gasteiger partial charge < -0.3 is 5.32 Å². The number of pyridine rings is 1. The fourth-order valence-electron chi connectivity index (χ4n) is 4.67. The SMILES string of the molecule is O=C(NCc1ccc(F)cc1)c1ccc(S(=O)(=O)n2cc(-c3cncc4ccccc34)c3ccccc32)cc1. The van der Waals surface area contributed by atoms with E-state index < -0.39 is 10.0 Å². The molecule has 0 unspecified atom stereocenters. The van der Waals surface area contributed by atoms with E-state index in [1.54, 1.807) is 42.9 Å². The predicted molar refractivity (Wildman–Crippen MR) is 149 cm³/mol. The van der Waals surface area contributed by atoms with Gasteiger partial charge in [-0.05, 0) is 53.4 Å². The second kappa shape index (κ2) is 9.81. The normalized spacial score (nSPS) is 11.6. The van der Waals surface area contributed by atoms with Gasteiger partial charge in [0.2, 0.25) is 0 Å². The van der Waals surface area contributed by atoms with E-state index in [0.29, 0.717) is 11.1 Å². The van der Waals surface area contributed by atoms with Crippen molar-refractivity contribution < 1.29 is 17.6 Å². The molecule has 2 aromatic heterocycles. The van der Waals surface area contributed by atoms with Crippen LogP contribution in [0, 0.1) is 5.82 Å². The van der Waals surface area contributed by atoms with Crippen molar-refractivity contribution in [3.63, 3.8) is 0 Å². The third-order valence-electron chi connectivity index (χ3n) is 6.68. The highest BCUT2D eigenvalue weighted by atomic mass is 32.2. The molecule has 0 aliphatic rings. The molecule has 0 fully saturated rings. The number of para-hydroxylation sites is 1. The van der Waals surface area contributed by atoms with Gasteiger partial charge in [0.05, 0.1) is 10.4 Å². The van der Waals surface area contributed by atoms with Gasteiger partial charge in [-0.15, -0.1) is 0 Å². The molecule has 0 spiro atoms. The van der Waals surface area contributed by atoms with Crippen LogP contribution < -0.4 is 5.32 Å². The zero-order valence-corrected chi connectivity index (χ0v) is 21.4. The van der Waals surface area contributed by atoms with Crippen LogP contribution >= 0.6 is 0 Å². The van der Waals surface area contributed by atoms with Crippen LogP contribution in [0.1, 0.15) is 15.9 Å². The molecule has 6 rings (SSSR count). The summed E-state index contributed by atoms with van der Waals surface area (Å²) in [4.78, 5) is 17.0. The highest BCUT2D eigenvalue weighted by Gasteiger charge is 2.23. The Balaban J connectivity index is 1.33. The molecular weight excluding hydrogens is 513 g/mol. The second-order valence-corrected chi connectivity index (χ2v) is 10.9. The monoisotopic (exact) mass is 535 g/mol. The number of hydrogen-bond donors (Lipinski definition) is 1. The number of rotatable bonds is 6. The van der Waals surface area contributed by atoms with E-state index in [1.807, 2.05) is 36.4 Å². The minimum absolute atomic E-state index is 0.0564. The summed E-state index contributed by atoms with van der Waals surface area (Å²) in [5.74, 6) is -0.710. The lowest BCUT2D eigenvalue weighted by Crippen LogP contribution is -2.22. The molecule has 8 heteroatoms. The van der Waals surface area contributed by atoms with E-state index in [4.69, 9.17) is 0 Å². The number of aromatic nitrogens is 2. The Morgan fingerprint density at radius 3 is 2.26 bits per heavy atom. The summed E-state index contributed by atoms with van der Waals surface area (Å²) >= 11 is 0. The number of halogens is 1. The summed E-state index contributed by atoms with van der Waals surface area (Å²) in [5, 5.41) is 5.49. The van der Waals surface area contributed by atoms with Crippen molar-refractivity contribution in [2.24, 2.45) is 0 Å². The van der Waals surface area contributed by atoms with Gasteiger partial charge in [-0.3, -0.25) is 9.78 Å². The molecule has 0 saturated heterocycles. The number of carbonyl (C=O) groups excluding carboxylic acids is 1. The van der Waals surface area contributed by atoms with Crippen molar-refractivity contribution in [1.82, 2.24) is 14.3 Å². The summed E-state index contributed by atoms with van der Waals surface area (Å²) in [7, 11) is -3.98. The zero-order chi connectivity index (χ0) is 27.0. The molecule has 39 heavy (non-hydrogen) atoms. The van der Waals surface area contributed by atoms with Gasteiger partial charge >= 0.3 is 0 Å². The first-order chi connectivity index (χ1) is 18.9. The Bertz CT molecular complexity index is 1940. The highest BCUT2D eigenvalue weighted by Crippen LogP contribution is 2.36. The largest absolute Gasteiger partial charge is 0.348 e. The van der Waals surface area contributed by atoms with Crippen molar-refractivity contribution in [2.45, 2.75) is 11.4 Å². The molecule has 0 bridgehead atoms. The summed E-state index contributed by atoms with van der Waals surface area (Å²) in [6, 6.07) is 26.8. The highest BCUT2D eigenvalue weighted by molar-refractivity contribution is 7.90. The summed E-state index contributed by atoms with van der Waals surface area (Å²) in [6.07, 6.45) is 5.17.